The van der Waals surface area contributed by atoms with Gasteiger partial charge < -0.3 is 9.64 Å². The summed E-state index contributed by atoms with van der Waals surface area (Å²) < 4.78 is 5.22. The summed E-state index contributed by atoms with van der Waals surface area (Å²) in [6.45, 7) is 3.79. The molecule has 0 unspecified atom stereocenters. The average Bonchev–Trinajstić information content (AvgIpc) is 3.06. The fraction of sp³-hybridized carbons (Fsp3) is 0.706. The Labute approximate surface area is 131 Å². The van der Waals surface area contributed by atoms with Gasteiger partial charge in [-0.05, 0) is 55.0 Å². The number of rotatable bonds is 5. The van der Waals surface area contributed by atoms with E-state index >= 15 is 0 Å². The van der Waals surface area contributed by atoms with E-state index in [2.05, 4.69) is 28.7 Å². The summed E-state index contributed by atoms with van der Waals surface area (Å²) in [6.07, 6.45) is 5.26. The predicted molar refractivity (Wildman–Crippen MR) is 85.6 cm³/mol. The summed E-state index contributed by atoms with van der Waals surface area (Å²) in [4.78, 5) is 15.2. The zero-order valence-electron chi connectivity index (χ0n) is 13.0. The number of methoxy groups -OCH3 is 1. The highest BCUT2D eigenvalue weighted by atomic mass is 32.1. The van der Waals surface area contributed by atoms with Crippen LogP contribution < -0.4 is 0 Å². The zero-order chi connectivity index (χ0) is 14.9. The number of carbonyl (C=O) groups excluding carboxylic acids is 1. The molecule has 0 N–H and O–H groups in total. The van der Waals surface area contributed by atoms with Crippen molar-refractivity contribution in [3.63, 3.8) is 0 Å². The maximum Gasteiger partial charge on any atom is 0.229 e. The second-order valence-electron chi connectivity index (χ2n) is 6.67. The molecule has 1 amide bonds. The van der Waals surface area contributed by atoms with Gasteiger partial charge in [0.25, 0.3) is 0 Å². The maximum atomic E-state index is 13.1. The molecule has 3 rings (SSSR count). The van der Waals surface area contributed by atoms with E-state index in [1.807, 2.05) is 0 Å². The zero-order valence-corrected chi connectivity index (χ0v) is 13.8. The molecule has 2 heterocycles. The number of hydrogen-bond acceptors (Lipinski definition) is 3. The lowest BCUT2D eigenvalue weighted by atomic mass is 9.65. The van der Waals surface area contributed by atoms with E-state index < -0.39 is 0 Å². The van der Waals surface area contributed by atoms with Gasteiger partial charge in [0.1, 0.15) is 0 Å². The Bertz CT molecular complexity index is 481. The first-order valence-electron chi connectivity index (χ1n) is 7.98. The van der Waals surface area contributed by atoms with E-state index in [9.17, 15) is 4.79 Å². The molecule has 1 saturated carbocycles. The molecule has 0 bridgehead atoms. The fourth-order valence-electron chi connectivity index (χ4n) is 3.84. The Kier molecular flexibility index (Phi) is 4.36. The smallest absolute Gasteiger partial charge is 0.229 e. The molecule has 0 radical (unpaired) electrons. The minimum atomic E-state index is -0.117. The van der Waals surface area contributed by atoms with Gasteiger partial charge in [0.2, 0.25) is 5.91 Å². The lowest BCUT2D eigenvalue weighted by Crippen LogP contribution is -2.49. The van der Waals surface area contributed by atoms with E-state index in [4.69, 9.17) is 4.74 Å². The Morgan fingerprint density at radius 2 is 2.33 bits per heavy atom. The second kappa shape index (κ2) is 6.09. The summed E-state index contributed by atoms with van der Waals surface area (Å²) >= 11 is 1.75. The highest BCUT2D eigenvalue weighted by Crippen LogP contribution is 2.47. The number of hydrogen-bond donors (Lipinski definition) is 0. The molecule has 2 fully saturated rings. The summed E-state index contributed by atoms with van der Waals surface area (Å²) in [5.41, 5.74) is 1.29. The topological polar surface area (TPSA) is 29.5 Å². The van der Waals surface area contributed by atoms with Gasteiger partial charge in [-0.25, -0.2) is 0 Å². The highest BCUT2D eigenvalue weighted by Gasteiger charge is 2.48. The second-order valence-corrected chi connectivity index (χ2v) is 7.45. The van der Waals surface area contributed by atoms with Crippen molar-refractivity contribution in [2.24, 2.45) is 5.41 Å². The van der Waals surface area contributed by atoms with E-state index in [0.717, 1.165) is 32.2 Å². The Hall–Kier alpha value is -0.870. The molecule has 0 aromatic carbocycles. The lowest BCUT2D eigenvalue weighted by Gasteiger charge is -2.43. The number of carbonyl (C=O) groups is 1. The van der Waals surface area contributed by atoms with Crippen molar-refractivity contribution in [2.75, 3.05) is 20.3 Å². The van der Waals surface area contributed by atoms with Crippen molar-refractivity contribution < 1.29 is 9.53 Å². The normalized spacial score (nSPS) is 27.6. The SMILES string of the molecule is COCCC1(C(=O)N2C[C@@H](c3ccsc3)C[C@H]2C)CCC1. The predicted octanol–water partition coefficient (Wildman–Crippen LogP) is 3.66. The third-order valence-corrected chi connectivity index (χ3v) is 6.10. The minimum Gasteiger partial charge on any atom is -0.385 e. The monoisotopic (exact) mass is 307 g/mol. The van der Waals surface area contributed by atoms with E-state index in [0.29, 0.717) is 24.5 Å². The summed E-state index contributed by atoms with van der Waals surface area (Å²) in [7, 11) is 1.72. The first-order valence-corrected chi connectivity index (χ1v) is 8.93. The number of amides is 1. The first kappa shape index (κ1) is 15.0. The quantitative estimate of drug-likeness (QED) is 0.831. The van der Waals surface area contributed by atoms with Crippen molar-refractivity contribution in [2.45, 2.75) is 51.0 Å². The molecule has 2 atom stereocenters. The van der Waals surface area contributed by atoms with Gasteiger partial charge in [0.15, 0.2) is 0 Å². The van der Waals surface area contributed by atoms with Crippen LogP contribution >= 0.6 is 11.3 Å². The van der Waals surface area contributed by atoms with Crippen LogP contribution in [0.1, 0.15) is 50.5 Å². The minimum absolute atomic E-state index is 0.117. The summed E-state index contributed by atoms with van der Waals surface area (Å²) in [5, 5.41) is 4.37. The van der Waals surface area contributed by atoms with Gasteiger partial charge in [-0.15, -0.1) is 0 Å². The summed E-state index contributed by atoms with van der Waals surface area (Å²) in [6, 6.07) is 2.57. The molecule has 1 aliphatic heterocycles. The Morgan fingerprint density at radius 1 is 1.52 bits per heavy atom. The average molecular weight is 307 g/mol. The number of ether oxygens (including phenoxy) is 1. The Morgan fingerprint density at radius 3 is 2.90 bits per heavy atom. The third-order valence-electron chi connectivity index (χ3n) is 5.40. The van der Waals surface area contributed by atoms with Crippen LogP contribution in [0.2, 0.25) is 0 Å². The van der Waals surface area contributed by atoms with Crippen LogP contribution in [0.4, 0.5) is 0 Å². The van der Waals surface area contributed by atoms with Crippen LogP contribution in [0, 0.1) is 5.41 Å². The molecule has 1 aromatic heterocycles. The largest absolute Gasteiger partial charge is 0.385 e. The van der Waals surface area contributed by atoms with Crippen LogP contribution in [0.3, 0.4) is 0 Å². The van der Waals surface area contributed by atoms with Gasteiger partial charge in [0, 0.05) is 32.2 Å². The van der Waals surface area contributed by atoms with E-state index in [1.54, 1.807) is 18.4 Å². The number of nitrogens with zero attached hydrogens (tertiary/aromatic N) is 1. The first-order chi connectivity index (χ1) is 10.2. The highest BCUT2D eigenvalue weighted by molar-refractivity contribution is 7.07. The molecule has 3 nitrogen and oxygen atoms in total. The van der Waals surface area contributed by atoms with Gasteiger partial charge in [0.05, 0.1) is 5.41 Å². The molecule has 0 spiro atoms. The van der Waals surface area contributed by atoms with Gasteiger partial charge >= 0.3 is 0 Å². The Balaban J connectivity index is 1.69. The van der Waals surface area contributed by atoms with Crippen LogP contribution in [-0.4, -0.2) is 37.1 Å². The third kappa shape index (κ3) is 2.76. The van der Waals surface area contributed by atoms with Crippen LogP contribution in [0.25, 0.3) is 0 Å². The van der Waals surface area contributed by atoms with Crippen molar-refractivity contribution >= 4 is 17.2 Å². The molecule has 2 aliphatic rings. The summed E-state index contributed by atoms with van der Waals surface area (Å²) in [5.74, 6) is 0.908. The molecule has 4 heteroatoms. The van der Waals surface area contributed by atoms with Crippen LogP contribution in [0.15, 0.2) is 16.8 Å². The van der Waals surface area contributed by atoms with Gasteiger partial charge in [-0.2, -0.15) is 11.3 Å². The number of likely N-dealkylation sites (tertiary alicyclic amines) is 1. The molecule has 21 heavy (non-hydrogen) atoms. The van der Waals surface area contributed by atoms with Crippen molar-refractivity contribution in [3.05, 3.63) is 22.4 Å². The molecular formula is C17H25NO2S. The van der Waals surface area contributed by atoms with Crippen LogP contribution in [0.5, 0.6) is 0 Å². The number of thiophene rings is 1. The molecule has 1 aliphatic carbocycles. The van der Waals surface area contributed by atoms with Gasteiger partial charge in [-0.3, -0.25) is 4.79 Å². The molecule has 116 valence electrons. The maximum absolute atomic E-state index is 13.1. The van der Waals surface area contributed by atoms with Gasteiger partial charge in [-0.1, -0.05) is 6.42 Å². The standard InChI is InChI=1S/C17H25NO2S/c1-13-10-15(14-4-9-21-12-14)11-18(13)16(19)17(5-3-6-17)7-8-20-2/h4,9,12-13,15H,3,5-8,10-11H2,1-2H3/t13-,15+/m1/s1. The molecule has 1 aromatic rings. The van der Waals surface area contributed by atoms with E-state index in [-0.39, 0.29) is 5.41 Å². The van der Waals surface area contributed by atoms with Crippen molar-refractivity contribution in [1.29, 1.82) is 0 Å². The lowest BCUT2D eigenvalue weighted by molar-refractivity contribution is -0.149. The van der Waals surface area contributed by atoms with Crippen molar-refractivity contribution in [1.82, 2.24) is 4.90 Å². The molecule has 1 saturated heterocycles. The van der Waals surface area contributed by atoms with Crippen molar-refractivity contribution in [3.8, 4) is 0 Å². The van der Waals surface area contributed by atoms with Crippen LogP contribution in [-0.2, 0) is 9.53 Å². The van der Waals surface area contributed by atoms with E-state index in [1.165, 1.54) is 12.0 Å². The molecular weight excluding hydrogens is 282 g/mol. The fourth-order valence-corrected chi connectivity index (χ4v) is 4.58.